The van der Waals surface area contributed by atoms with Crippen LogP contribution in [0.4, 0.5) is 5.69 Å². The first kappa shape index (κ1) is 16.9. The van der Waals surface area contributed by atoms with Crippen molar-refractivity contribution in [3.63, 3.8) is 0 Å². The molecule has 27 heavy (non-hydrogen) atoms. The van der Waals surface area contributed by atoms with Crippen molar-refractivity contribution in [1.82, 2.24) is 4.31 Å². The Kier molecular flexibility index (Phi) is 4.02. The van der Waals surface area contributed by atoms with Gasteiger partial charge in [0.25, 0.3) is 0 Å². The molecule has 6 nitrogen and oxygen atoms in total. The summed E-state index contributed by atoms with van der Waals surface area (Å²) in [5.41, 5.74) is 2.85. The predicted octanol–water partition coefficient (Wildman–Crippen LogP) is 2.07. The first-order valence-electron chi connectivity index (χ1n) is 9.39. The highest BCUT2D eigenvalue weighted by atomic mass is 32.2. The van der Waals surface area contributed by atoms with Crippen LogP contribution in [-0.2, 0) is 22.9 Å². The number of fused-ring (bicyclic) bond motifs is 2. The summed E-state index contributed by atoms with van der Waals surface area (Å²) in [6.45, 7) is 3.35. The van der Waals surface area contributed by atoms with Gasteiger partial charge in [0.15, 0.2) is 0 Å². The number of anilines is 1. The van der Waals surface area contributed by atoms with Crippen LogP contribution in [0.15, 0.2) is 41.3 Å². The molecule has 0 unspecified atom stereocenters. The predicted molar refractivity (Wildman–Crippen MR) is 102 cm³/mol. The van der Waals surface area contributed by atoms with E-state index in [1.807, 2.05) is 24.3 Å². The molecular weight excluding hydrogens is 364 g/mol. The highest BCUT2D eigenvalue weighted by Gasteiger charge is 2.38. The van der Waals surface area contributed by atoms with Gasteiger partial charge >= 0.3 is 0 Å². The van der Waals surface area contributed by atoms with E-state index in [-0.39, 0.29) is 0 Å². The highest BCUT2D eigenvalue weighted by Crippen LogP contribution is 2.44. The Hall–Kier alpha value is -2.25. The summed E-state index contributed by atoms with van der Waals surface area (Å²) in [7, 11) is -3.62. The van der Waals surface area contributed by atoms with E-state index in [1.54, 1.807) is 4.31 Å². The number of sulfonamides is 1. The lowest BCUT2D eigenvalue weighted by Crippen LogP contribution is -2.48. The second-order valence-corrected chi connectivity index (χ2v) is 8.97. The zero-order valence-electron chi connectivity index (χ0n) is 15.1. The molecule has 0 saturated carbocycles. The van der Waals surface area contributed by atoms with E-state index in [9.17, 15) is 8.42 Å². The number of nitrogens with zero attached hydrogens (tertiary/aromatic N) is 2. The molecule has 0 aliphatic carbocycles. The maximum atomic E-state index is 13.5. The minimum atomic E-state index is -3.62. The van der Waals surface area contributed by atoms with Crippen LogP contribution in [0.5, 0.6) is 11.5 Å². The molecule has 0 spiro atoms. The Morgan fingerprint density at radius 3 is 2.41 bits per heavy atom. The smallest absolute Gasteiger partial charge is 0.247 e. The summed E-state index contributed by atoms with van der Waals surface area (Å²) in [5, 5.41) is 0. The van der Waals surface area contributed by atoms with E-state index in [0.717, 1.165) is 23.2 Å². The third-order valence-electron chi connectivity index (χ3n) is 5.56. The first-order chi connectivity index (χ1) is 13.1. The molecule has 0 aromatic heterocycles. The Labute approximate surface area is 159 Å². The highest BCUT2D eigenvalue weighted by molar-refractivity contribution is 7.89. The van der Waals surface area contributed by atoms with Crippen LogP contribution < -0.4 is 14.4 Å². The van der Waals surface area contributed by atoms with E-state index in [2.05, 4.69) is 17.0 Å². The molecule has 0 N–H and O–H groups in total. The number of benzene rings is 2. The second-order valence-electron chi connectivity index (χ2n) is 7.09. The quantitative estimate of drug-likeness (QED) is 0.808. The van der Waals surface area contributed by atoms with Crippen LogP contribution in [0.1, 0.15) is 11.1 Å². The lowest BCUT2D eigenvalue weighted by molar-refractivity contribution is 0.343. The van der Waals surface area contributed by atoms with Crippen molar-refractivity contribution in [1.29, 1.82) is 0 Å². The van der Waals surface area contributed by atoms with Crippen molar-refractivity contribution in [3.05, 3.63) is 47.5 Å². The van der Waals surface area contributed by atoms with E-state index < -0.39 is 10.0 Å². The third kappa shape index (κ3) is 2.76. The van der Waals surface area contributed by atoms with Crippen molar-refractivity contribution in [2.75, 3.05) is 44.3 Å². The van der Waals surface area contributed by atoms with Gasteiger partial charge < -0.3 is 14.4 Å². The van der Waals surface area contributed by atoms with Gasteiger partial charge in [0.1, 0.15) is 16.4 Å². The summed E-state index contributed by atoms with van der Waals surface area (Å²) in [6.07, 6.45) is 1.35. The average molecular weight is 386 g/mol. The molecule has 0 radical (unpaired) electrons. The number of hydrogen-bond donors (Lipinski definition) is 0. The minimum absolute atomic E-state index is 0.346. The Morgan fingerprint density at radius 2 is 1.63 bits per heavy atom. The first-order valence-corrected chi connectivity index (χ1v) is 10.8. The molecule has 3 heterocycles. The van der Waals surface area contributed by atoms with Crippen molar-refractivity contribution in [2.45, 2.75) is 17.7 Å². The summed E-state index contributed by atoms with van der Waals surface area (Å²) in [5.74, 6) is 1.26. The molecule has 142 valence electrons. The molecule has 1 saturated heterocycles. The van der Waals surface area contributed by atoms with Crippen LogP contribution in [0.3, 0.4) is 0 Å². The monoisotopic (exact) mass is 386 g/mol. The summed E-state index contributed by atoms with van der Waals surface area (Å²) in [6, 6.07) is 12.1. The van der Waals surface area contributed by atoms with Crippen LogP contribution >= 0.6 is 0 Å². The Bertz CT molecular complexity index is 935. The fourth-order valence-corrected chi connectivity index (χ4v) is 6.01. The van der Waals surface area contributed by atoms with Gasteiger partial charge in [-0.1, -0.05) is 18.2 Å². The van der Waals surface area contributed by atoms with Gasteiger partial charge in [0.05, 0.1) is 13.2 Å². The van der Waals surface area contributed by atoms with Crippen molar-refractivity contribution in [3.8, 4) is 11.5 Å². The van der Waals surface area contributed by atoms with Crippen molar-refractivity contribution < 1.29 is 17.9 Å². The van der Waals surface area contributed by atoms with Crippen LogP contribution in [-0.4, -0.2) is 52.1 Å². The number of para-hydroxylation sites is 1. The van der Waals surface area contributed by atoms with Crippen LogP contribution in [0, 0.1) is 0 Å². The molecule has 0 amide bonds. The van der Waals surface area contributed by atoms with E-state index >= 15 is 0 Å². The van der Waals surface area contributed by atoms with Crippen LogP contribution in [0.25, 0.3) is 0 Å². The SMILES string of the molecule is O=S(=O)(c1c2c(cc3c1OCC3)OCC2)N1CCN(c2ccccc2)CC1. The topological polar surface area (TPSA) is 59.1 Å². The molecule has 0 atom stereocenters. The number of hydrogen-bond acceptors (Lipinski definition) is 5. The lowest BCUT2D eigenvalue weighted by Gasteiger charge is -2.35. The summed E-state index contributed by atoms with van der Waals surface area (Å²) >= 11 is 0. The van der Waals surface area contributed by atoms with E-state index in [4.69, 9.17) is 9.47 Å². The number of rotatable bonds is 3. The van der Waals surface area contributed by atoms with Gasteiger partial charge in [-0.25, -0.2) is 8.42 Å². The Balaban J connectivity index is 1.45. The minimum Gasteiger partial charge on any atom is -0.493 e. The van der Waals surface area contributed by atoms with Gasteiger partial charge in [-0.05, 0) is 18.2 Å². The number of ether oxygens (including phenoxy) is 2. The standard InChI is InChI=1S/C20H22N2O4S/c23-27(24,22-10-8-21(9-11-22)16-4-2-1-3-5-16)20-17-7-13-25-18(17)14-15-6-12-26-19(15)20/h1-5,14H,6-13H2. The summed E-state index contributed by atoms with van der Waals surface area (Å²) in [4.78, 5) is 2.57. The zero-order valence-corrected chi connectivity index (χ0v) is 15.9. The van der Waals surface area contributed by atoms with Gasteiger partial charge in [-0.3, -0.25) is 0 Å². The zero-order chi connectivity index (χ0) is 18.4. The lowest BCUT2D eigenvalue weighted by atomic mass is 10.1. The fourth-order valence-electron chi connectivity index (χ4n) is 4.17. The molecule has 5 rings (SSSR count). The largest absolute Gasteiger partial charge is 0.493 e. The van der Waals surface area contributed by atoms with Gasteiger partial charge in [0.2, 0.25) is 10.0 Å². The van der Waals surface area contributed by atoms with Crippen molar-refractivity contribution in [2.24, 2.45) is 0 Å². The van der Waals surface area contributed by atoms with Gasteiger partial charge in [-0.2, -0.15) is 4.31 Å². The Morgan fingerprint density at radius 1 is 0.889 bits per heavy atom. The molecule has 2 aromatic carbocycles. The maximum Gasteiger partial charge on any atom is 0.247 e. The normalized spacial score (nSPS) is 19.3. The van der Waals surface area contributed by atoms with Crippen molar-refractivity contribution >= 4 is 15.7 Å². The molecule has 3 aliphatic heterocycles. The number of piperazine rings is 1. The average Bonchev–Trinajstić information content (AvgIpc) is 3.35. The maximum absolute atomic E-state index is 13.5. The third-order valence-corrected chi connectivity index (χ3v) is 7.55. The second kappa shape index (κ2) is 6.42. The molecule has 1 fully saturated rings. The van der Waals surface area contributed by atoms with E-state index in [1.165, 1.54) is 0 Å². The molecular formula is C20H22N2O4S. The van der Waals surface area contributed by atoms with Crippen LogP contribution in [0.2, 0.25) is 0 Å². The fraction of sp³-hybridized carbons (Fsp3) is 0.400. The summed E-state index contributed by atoms with van der Waals surface area (Å²) < 4.78 is 40.1. The molecule has 2 aromatic rings. The van der Waals surface area contributed by atoms with Gasteiger partial charge in [0, 0.05) is 55.8 Å². The molecule has 3 aliphatic rings. The molecule has 7 heteroatoms. The van der Waals surface area contributed by atoms with E-state index in [0.29, 0.717) is 62.2 Å². The molecule has 0 bridgehead atoms. The van der Waals surface area contributed by atoms with Gasteiger partial charge in [-0.15, -0.1) is 0 Å².